The third kappa shape index (κ3) is 2.49. The molecule has 0 bridgehead atoms. The van der Waals surface area contributed by atoms with Crippen LogP contribution in [0.15, 0.2) is 18.2 Å². The predicted molar refractivity (Wildman–Crippen MR) is 60.4 cm³/mol. The minimum atomic E-state index is -0.0329. The maximum atomic E-state index is 11.8. The van der Waals surface area contributed by atoms with Gasteiger partial charge in [-0.25, -0.2) is 0 Å². The topological polar surface area (TPSA) is 29.5 Å². The average Bonchev–Trinajstić information content (AvgIpc) is 2.27. The summed E-state index contributed by atoms with van der Waals surface area (Å²) in [6.45, 7) is 2.07. The van der Waals surface area contributed by atoms with E-state index >= 15 is 0 Å². The molecule has 0 aliphatic rings. The molecule has 0 radical (unpaired) electrons. The minimum Gasteiger partial charge on any atom is -0.496 e. The second-order valence-corrected chi connectivity index (χ2v) is 3.59. The van der Waals surface area contributed by atoms with E-state index in [1.165, 1.54) is 5.56 Å². The number of hydrogen-bond acceptors (Lipinski definition) is 2. The van der Waals surface area contributed by atoms with Gasteiger partial charge < -0.3 is 9.64 Å². The average molecular weight is 207 g/mol. The maximum absolute atomic E-state index is 11.8. The largest absolute Gasteiger partial charge is 0.496 e. The van der Waals surface area contributed by atoms with Crippen molar-refractivity contribution in [1.82, 2.24) is 4.90 Å². The van der Waals surface area contributed by atoms with E-state index in [9.17, 15) is 4.79 Å². The Balaban J connectivity index is 3.13. The highest BCUT2D eigenvalue weighted by Crippen LogP contribution is 2.21. The van der Waals surface area contributed by atoms with Crippen LogP contribution >= 0.6 is 0 Å². The Bertz CT molecular complexity index is 359. The third-order valence-electron chi connectivity index (χ3n) is 2.31. The van der Waals surface area contributed by atoms with Gasteiger partial charge in [0.15, 0.2) is 0 Å². The quantitative estimate of drug-likeness (QED) is 0.758. The second kappa shape index (κ2) is 4.82. The molecule has 0 heterocycles. The molecule has 0 saturated carbocycles. The van der Waals surface area contributed by atoms with Crippen LogP contribution in [0.5, 0.6) is 5.75 Å². The van der Waals surface area contributed by atoms with Gasteiger partial charge in [0.25, 0.3) is 5.91 Å². The second-order valence-electron chi connectivity index (χ2n) is 3.59. The molecule has 3 heteroatoms. The van der Waals surface area contributed by atoms with E-state index in [0.29, 0.717) is 11.3 Å². The lowest BCUT2D eigenvalue weighted by atomic mass is 10.1. The lowest BCUT2D eigenvalue weighted by Crippen LogP contribution is -2.22. The predicted octanol–water partition coefficient (Wildman–Crippen LogP) is 1.96. The van der Waals surface area contributed by atoms with Crippen molar-refractivity contribution in [3.05, 3.63) is 29.3 Å². The van der Waals surface area contributed by atoms with Gasteiger partial charge in [0, 0.05) is 14.1 Å². The normalized spacial score (nSPS) is 9.87. The molecule has 1 aromatic carbocycles. The van der Waals surface area contributed by atoms with Gasteiger partial charge in [0.05, 0.1) is 12.7 Å². The summed E-state index contributed by atoms with van der Waals surface area (Å²) in [4.78, 5) is 13.3. The fraction of sp³-hybridized carbons (Fsp3) is 0.417. The van der Waals surface area contributed by atoms with Gasteiger partial charge in [-0.3, -0.25) is 4.79 Å². The fourth-order valence-electron chi connectivity index (χ4n) is 1.37. The molecule has 0 aliphatic heterocycles. The molecule has 0 unspecified atom stereocenters. The molecular formula is C12H17NO2. The van der Waals surface area contributed by atoms with E-state index in [1.54, 1.807) is 26.1 Å². The van der Waals surface area contributed by atoms with E-state index < -0.39 is 0 Å². The van der Waals surface area contributed by atoms with Crippen LogP contribution in [-0.2, 0) is 6.42 Å². The van der Waals surface area contributed by atoms with E-state index in [1.807, 2.05) is 18.2 Å². The van der Waals surface area contributed by atoms with E-state index in [4.69, 9.17) is 4.74 Å². The smallest absolute Gasteiger partial charge is 0.257 e. The van der Waals surface area contributed by atoms with Crippen LogP contribution in [0.1, 0.15) is 22.8 Å². The Morgan fingerprint density at radius 1 is 1.40 bits per heavy atom. The van der Waals surface area contributed by atoms with Crippen LogP contribution in [0.4, 0.5) is 0 Å². The molecule has 0 atom stereocenters. The molecule has 0 fully saturated rings. The molecular weight excluding hydrogens is 190 g/mol. The van der Waals surface area contributed by atoms with Crippen LogP contribution in [0.25, 0.3) is 0 Å². The van der Waals surface area contributed by atoms with Gasteiger partial charge in [-0.1, -0.05) is 13.0 Å². The zero-order valence-corrected chi connectivity index (χ0v) is 9.70. The van der Waals surface area contributed by atoms with Crippen LogP contribution in [0.2, 0.25) is 0 Å². The lowest BCUT2D eigenvalue weighted by molar-refractivity contribution is 0.0824. The lowest BCUT2D eigenvalue weighted by Gasteiger charge is -2.14. The molecule has 1 rings (SSSR count). The Labute approximate surface area is 90.7 Å². The number of ether oxygens (including phenoxy) is 1. The number of hydrogen-bond donors (Lipinski definition) is 0. The number of aryl methyl sites for hydroxylation is 1. The van der Waals surface area contributed by atoms with Crippen molar-refractivity contribution in [2.75, 3.05) is 21.2 Å². The minimum absolute atomic E-state index is 0.0329. The summed E-state index contributed by atoms with van der Waals surface area (Å²) in [6, 6.07) is 5.69. The summed E-state index contributed by atoms with van der Waals surface area (Å²) >= 11 is 0. The number of nitrogens with zero attached hydrogens (tertiary/aromatic N) is 1. The monoisotopic (exact) mass is 207 g/mol. The summed E-state index contributed by atoms with van der Waals surface area (Å²) < 4.78 is 5.21. The molecule has 0 aromatic heterocycles. The van der Waals surface area contributed by atoms with Crippen molar-refractivity contribution in [1.29, 1.82) is 0 Å². The summed E-state index contributed by atoms with van der Waals surface area (Å²) in [5.74, 6) is 0.613. The van der Waals surface area contributed by atoms with Crippen LogP contribution in [0, 0.1) is 0 Å². The summed E-state index contributed by atoms with van der Waals surface area (Å²) in [5, 5.41) is 0. The Morgan fingerprint density at radius 2 is 2.07 bits per heavy atom. The Hall–Kier alpha value is -1.51. The highest BCUT2D eigenvalue weighted by Gasteiger charge is 2.13. The first kappa shape index (κ1) is 11.6. The Kier molecular flexibility index (Phi) is 3.72. The van der Waals surface area contributed by atoms with Gasteiger partial charge in [-0.05, 0) is 24.1 Å². The number of amides is 1. The number of rotatable bonds is 3. The fourth-order valence-corrected chi connectivity index (χ4v) is 1.37. The first-order valence-corrected chi connectivity index (χ1v) is 4.98. The molecule has 15 heavy (non-hydrogen) atoms. The van der Waals surface area contributed by atoms with Crippen molar-refractivity contribution >= 4 is 5.91 Å². The van der Waals surface area contributed by atoms with Crippen LogP contribution < -0.4 is 4.74 Å². The summed E-state index contributed by atoms with van der Waals surface area (Å²) in [6.07, 6.45) is 0.937. The highest BCUT2D eigenvalue weighted by atomic mass is 16.5. The standard InChI is InChI=1S/C12H17NO2/c1-5-9-6-7-10(11(8-9)15-4)12(14)13(2)3/h6-8H,5H2,1-4H3. The molecule has 0 N–H and O–H groups in total. The first-order valence-electron chi connectivity index (χ1n) is 4.98. The van der Waals surface area contributed by atoms with Crippen LogP contribution in [-0.4, -0.2) is 32.0 Å². The summed E-state index contributed by atoms with van der Waals surface area (Å²) in [5.41, 5.74) is 1.78. The first-order chi connectivity index (χ1) is 7.10. The van der Waals surface area contributed by atoms with Crippen molar-refractivity contribution in [3.63, 3.8) is 0 Å². The summed E-state index contributed by atoms with van der Waals surface area (Å²) in [7, 11) is 5.05. The zero-order chi connectivity index (χ0) is 11.4. The molecule has 3 nitrogen and oxygen atoms in total. The molecule has 0 spiro atoms. The number of carbonyl (C=O) groups excluding carboxylic acids is 1. The van der Waals surface area contributed by atoms with E-state index in [0.717, 1.165) is 6.42 Å². The number of carbonyl (C=O) groups is 1. The number of benzene rings is 1. The number of methoxy groups -OCH3 is 1. The molecule has 1 amide bonds. The van der Waals surface area contributed by atoms with Gasteiger partial charge in [-0.15, -0.1) is 0 Å². The van der Waals surface area contributed by atoms with Crippen molar-refractivity contribution in [2.24, 2.45) is 0 Å². The SMILES string of the molecule is CCc1ccc(C(=O)N(C)C)c(OC)c1. The Morgan fingerprint density at radius 3 is 2.53 bits per heavy atom. The van der Waals surface area contributed by atoms with Gasteiger partial charge in [0.1, 0.15) is 5.75 Å². The third-order valence-corrected chi connectivity index (χ3v) is 2.31. The van der Waals surface area contributed by atoms with E-state index in [-0.39, 0.29) is 5.91 Å². The van der Waals surface area contributed by atoms with Gasteiger partial charge >= 0.3 is 0 Å². The molecule has 82 valence electrons. The van der Waals surface area contributed by atoms with Gasteiger partial charge in [0.2, 0.25) is 0 Å². The molecule has 1 aromatic rings. The molecule has 0 aliphatic carbocycles. The van der Waals surface area contributed by atoms with Crippen molar-refractivity contribution < 1.29 is 9.53 Å². The van der Waals surface area contributed by atoms with Gasteiger partial charge in [-0.2, -0.15) is 0 Å². The highest BCUT2D eigenvalue weighted by molar-refractivity contribution is 5.96. The van der Waals surface area contributed by atoms with Crippen LogP contribution in [0.3, 0.4) is 0 Å². The molecule has 0 saturated heterocycles. The maximum Gasteiger partial charge on any atom is 0.257 e. The zero-order valence-electron chi connectivity index (χ0n) is 9.70. The van der Waals surface area contributed by atoms with E-state index in [2.05, 4.69) is 6.92 Å². The van der Waals surface area contributed by atoms with Crippen molar-refractivity contribution in [2.45, 2.75) is 13.3 Å². The van der Waals surface area contributed by atoms with Crippen molar-refractivity contribution in [3.8, 4) is 5.75 Å².